The van der Waals surface area contributed by atoms with Gasteiger partial charge in [0.1, 0.15) is 0 Å². The summed E-state index contributed by atoms with van der Waals surface area (Å²) in [6, 6.07) is 0. The van der Waals surface area contributed by atoms with Crippen LogP contribution in [0.2, 0.25) is 0 Å². The highest BCUT2D eigenvalue weighted by Crippen LogP contribution is 2.31. The number of aromatic nitrogens is 1. The molecule has 130 valence electrons. The van der Waals surface area contributed by atoms with Gasteiger partial charge in [0.2, 0.25) is 0 Å². The maximum absolute atomic E-state index is 12.9. The number of nitrogens with zero attached hydrogens (tertiary/aromatic N) is 1. The fourth-order valence-electron chi connectivity index (χ4n) is 2.07. The van der Waals surface area contributed by atoms with Crippen LogP contribution >= 0.6 is 22.9 Å². The van der Waals surface area contributed by atoms with Crippen LogP contribution in [0.15, 0.2) is 23.8 Å². The predicted molar refractivity (Wildman–Crippen MR) is 92.3 cm³/mol. The average molecular weight is 366 g/mol. The number of alkyl halides is 4. The van der Waals surface area contributed by atoms with Gasteiger partial charge in [0.15, 0.2) is 0 Å². The molecule has 0 spiro atoms. The van der Waals surface area contributed by atoms with E-state index in [1.807, 2.05) is 6.92 Å². The van der Waals surface area contributed by atoms with E-state index < -0.39 is 11.7 Å². The van der Waals surface area contributed by atoms with Crippen LogP contribution in [0.5, 0.6) is 0 Å². The van der Waals surface area contributed by atoms with Crippen LogP contribution in [0.4, 0.5) is 13.2 Å². The first kappa shape index (κ1) is 20.2. The summed E-state index contributed by atoms with van der Waals surface area (Å²) in [7, 11) is 0. The Kier molecular flexibility index (Phi) is 8.34. The third-order valence-electron chi connectivity index (χ3n) is 3.39. The summed E-state index contributed by atoms with van der Waals surface area (Å²) < 4.78 is 38.6. The van der Waals surface area contributed by atoms with Gasteiger partial charge < -0.3 is 0 Å². The molecule has 1 heterocycles. The van der Waals surface area contributed by atoms with Gasteiger partial charge in [-0.1, -0.05) is 45.4 Å². The van der Waals surface area contributed by atoms with E-state index in [4.69, 9.17) is 11.6 Å². The highest BCUT2D eigenvalue weighted by Gasteiger charge is 2.31. The Morgan fingerprint density at radius 2 is 2.04 bits per heavy atom. The van der Waals surface area contributed by atoms with Crippen LogP contribution in [0.25, 0.3) is 0 Å². The minimum absolute atomic E-state index is 0.167. The van der Waals surface area contributed by atoms with Crippen molar-refractivity contribution in [3.8, 4) is 0 Å². The molecule has 1 unspecified atom stereocenters. The molecule has 1 nitrogen and oxygen atoms in total. The van der Waals surface area contributed by atoms with E-state index in [1.54, 1.807) is 13.0 Å². The first-order valence-electron chi connectivity index (χ1n) is 7.83. The average Bonchev–Trinajstić information content (AvgIpc) is 2.91. The molecule has 0 aliphatic rings. The maximum Gasteiger partial charge on any atom is 0.416 e. The molecule has 1 aromatic heterocycles. The van der Waals surface area contributed by atoms with Gasteiger partial charge in [0.25, 0.3) is 0 Å². The first-order valence-corrected chi connectivity index (χ1v) is 9.18. The van der Waals surface area contributed by atoms with Crippen LogP contribution in [0, 0.1) is 0 Å². The molecular formula is C17H23ClF3NS. The molecule has 1 rings (SSSR count). The van der Waals surface area contributed by atoms with Gasteiger partial charge in [0.05, 0.1) is 22.2 Å². The van der Waals surface area contributed by atoms with Gasteiger partial charge in [-0.3, -0.25) is 0 Å². The second-order valence-corrected chi connectivity index (χ2v) is 6.75. The zero-order valence-electron chi connectivity index (χ0n) is 13.7. The maximum atomic E-state index is 12.9. The molecule has 23 heavy (non-hydrogen) atoms. The van der Waals surface area contributed by atoms with Gasteiger partial charge in [-0.25, -0.2) is 4.98 Å². The van der Waals surface area contributed by atoms with Gasteiger partial charge in [0, 0.05) is 10.8 Å². The summed E-state index contributed by atoms with van der Waals surface area (Å²) in [6.07, 6.45) is 2.93. The van der Waals surface area contributed by atoms with Crippen LogP contribution in [0.3, 0.4) is 0 Å². The molecule has 0 aliphatic carbocycles. The fraction of sp³-hybridized carbons (Fsp3) is 0.588. The third-order valence-corrected chi connectivity index (χ3v) is 5.11. The Morgan fingerprint density at radius 1 is 1.35 bits per heavy atom. The predicted octanol–water partition coefficient (Wildman–Crippen LogP) is 6.78. The highest BCUT2D eigenvalue weighted by atomic mass is 35.5. The number of rotatable bonds is 8. The molecular weight excluding hydrogens is 343 g/mol. The molecule has 0 amide bonds. The standard InChI is InChI=1S/C17H23ClF3NS/c1-4-6-8-14-15(11-18)23-16(22-14)12(3)9-10-13(7-5-2)17(19,20)21/h7,9-10,12H,4-6,8,11H2,1-3H3/b10-9-,13-7+. The van der Waals surface area contributed by atoms with Crippen molar-refractivity contribution in [2.24, 2.45) is 0 Å². The SMILES string of the molecule is CC/C=C(\C=C/C(C)c1nc(CCCC)c(CCl)s1)C(F)(F)F. The molecule has 6 heteroatoms. The largest absolute Gasteiger partial charge is 0.416 e. The Bertz CT molecular complexity index is 547. The van der Waals surface area contributed by atoms with Crippen molar-refractivity contribution >= 4 is 22.9 Å². The Balaban J connectivity index is 2.92. The molecule has 1 atom stereocenters. The van der Waals surface area contributed by atoms with Gasteiger partial charge in [-0.05, 0) is 19.3 Å². The lowest BCUT2D eigenvalue weighted by atomic mass is 10.1. The fourth-order valence-corrected chi connectivity index (χ4v) is 3.38. The van der Waals surface area contributed by atoms with E-state index in [9.17, 15) is 13.2 Å². The van der Waals surface area contributed by atoms with E-state index in [1.165, 1.54) is 17.4 Å². The minimum Gasteiger partial charge on any atom is -0.245 e. The molecule has 0 saturated heterocycles. The van der Waals surface area contributed by atoms with Gasteiger partial charge in [-0.2, -0.15) is 13.2 Å². The molecule has 0 N–H and O–H groups in total. The minimum atomic E-state index is -4.32. The van der Waals surface area contributed by atoms with Crippen molar-refractivity contribution in [1.82, 2.24) is 4.98 Å². The molecule has 0 aromatic carbocycles. The van der Waals surface area contributed by atoms with Crippen LogP contribution in [0.1, 0.15) is 61.5 Å². The summed E-state index contributed by atoms with van der Waals surface area (Å²) in [5.74, 6) is 0.233. The quantitative estimate of drug-likeness (QED) is 0.365. The summed E-state index contributed by atoms with van der Waals surface area (Å²) in [5.41, 5.74) is 0.384. The van der Waals surface area contributed by atoms with Crippen molar-refractivity contribution in [2.45, 2.75) is 64.4 Å². The van der Waals surface area contributed by atoms with Crippen molar-refractivity contribution in [3.05, 3.63) is 39.4 Å². The van der Waals surface area contributed by atoms with Gasteiger partial charge >= 0.3 is 6.18 Å². The van der Waals surface area contributed by atoms with Crippen LogP contribution < -0.4 is 0 Å². The van der Waals surface area contributed by atoms with E-state index in [0.717, 1.165) is 40.9 Å². The summed E-state index contributed by atoms with van der Waals surface area (Å²) in [5, 5.41) is 0.820. The number of hydrogen-bond donors (Lipinski definition) is 0. The highest BCUT2D eigenvalue weighted by molar-refractivity contribution is 7.12. The molecule has 0 fully saturated rings. The van der Waals surface area contributed by atoms with E-state index in [0.29, 0.717) is 12.3 Å². The third kappa shape index (κ3) is 6.30. The molecule has 0 radical (unpaired) electrons. The lowest BCUT2D eigenvalue weighted by molar-refractivity contribution is -0.0884. The summed E-state index contributed by atoms with van der Waals surface area (Å²) in [4.78, 5) is 5.61. The number of hydrogen-bond acceptors (Lipinski definition) is 2. The second kappa shape index (κ2) is 9.48. The Hall–Kier alpha value is -0.810. The first-order chi connectivity index (χ1) is 10.8. The van der Waals surface area contributed by atoms with E-state index in [2.05, 4.69) is 11.9 Å². The van der Waals surface area contributed by atoms with Crippen molar-refractivity contribution in [2.75, 3.05) is 0 Å². The van der Waals surface area contributed by atoms with Crippen molar-refractivity contribution in [3.63, 3.8) is 0 Å². The van der Waals surface area contributed by atoms with Crippen molar-refractivity contribution in [1.29, 1.82) is 0 Å². The van der Waals surface area contributed by atoms with Crippen LogP contribution in [-0.2, 0) is 12.3 Å². The van der Waals surface area contributed by atoms with Crippen LogP contribution in [-0.4, -0.2) is 11.2 Å². The topological polar surface area (TPSA) is 12.9 Å². The molecule has 1 aromatic rings. The normalized spacial score (nSPS) is 14.7. The number of allylic oxidation sites excluding steroid dienone is 4. The molecule has 0 aliphatic heterocycles. The zero-order valence-corrected chi connectivity index (χ0v) is 15.3. The lowest BCUT2D eigenvalue weighted by Gasteiger charge is -2.08. The monoisotopic (exact) mass is 365 g/mol. The molecule has 0 bridgehead atoms. The number of unbranched alkanes of at least 4 members (excludes halogenated alkanes) is 1. The number of halogens is 4. The zero-order chi connectivity index (χ0) is 17.5. The Morgan fingerprint density at radius 3 is 2.57 bits per heavy atom. The summed E-state index contributed by atoms with van der Waals surface area (Å²) >= 11 is 7.45. The van der Waals surface area contributed by atoms with E-state index in [-0.39, 0.29) is 5.92 Å². The second-order valence-electron chi connectivity index (χ2n) is 5.37. The van der Waals surface area contributed by atoms with Crippen molar-refractivity contribution < 1.29 is 13.2 Å². The number of thiazole rings is 1. The smallest absolute Gasteiger partial charge is 0.245 e. The Labute approximate surface area is 145 Å². The lowest BCUT2D eigenvalue weighted by Crippen LogP contribution is -2.10. The summed E-state index contributed by atoms with van der Waals surface area (Å²) in [6.45, 7) is 5.66. The molecule has 0 saturated carbocycles. The van der Waals surface area contributed by atoms with Gasteiger partial charge in [-0.15, -0.1) is 22.9 Å². The number of aryl methyl sites for hydroxylation is 1. The van der Waals surface area contributed by atoms with E-state index >= 15 is 0 Å².